The van der Waals surface area contributed by atoms with Gasteiger partial charge in [0.05, 0.1) is 12.7 Å². The SMILES string of the molecule is C=CC=O.CC1CO1. The van der Waals surface area contributed by atoms with E-state index in [1.54, 1.807) is 0 Å². The van der Waals surface area contributed by atoms with Gasteiger partial charge in [-0.25, -0.2) is 0 Å². The van der Waals surface area contributed by atoms with Gasteiger partial charge in [-0.3, -0.25) is 4.79 Å². The van der Waals surface area contributed by atoms with Crippen LogP contribution in [0.2, 0.25) is 0 Å². The number of hydrogen-bond acceptors (Lipinski definition) is 2. The van der Waals surface area contributed by atoms with Gasteiger partial charge in [-0.05, 0) is 13.0 Å². The van der Waals surface area contributed by atoms with Crippen molar-refractivity contribution in [1.29, 1.82) is 0 Å². The van der Waals surface area contributed by atoms with Gasteiger partial charge in [-0.1, -0.05) is 6.58 Å². The lowest BCUT2D eigenvalue weighted by atomic mass is 10.6. The summed E-state index contributed by atoms with van der Waals surface area (Å²) in [6.07, 6.45) is 2.42. The Hall–Kier alpha value is -0.630. The van der Waals surface area contributed by atoms with Crippen molar-refractivity contribution in [1.82, 2.24) is 0 Å². The van der Waals surface area contributed by atoms with Crippen molar-refractivity contribution in [2.45, 2.75) is 13.0 Å². The van der Waals surface area contributed by atoms with E-state index < -0.39 is 0 Å². The molecule has 0 bridgehead atoms. The summed E-state index contributed by atoms with van der Waals surface area (Å²) in [7, 11) is 0. The molecule has 0 radical (unpaired) electrons. The fourth-order valence-electron chi connectivity index (χ4n) is 0.0962. The monoisotopic (exact) mass is 114 g/mol. The van der Waals surface area contributed by atoms with Crippen LogP contribution in [-0.4, -0.2) is 19.0 Å². The summed E-state index contributed by atoms with van der Waals surface area (Å²) >= 11 is 0. The molecule has 8 heavy (non-hydrogen) atoms. The molecule has 2 nitrogen and oxygen atoms in total. The van der Waals surface area contributed by atoms with Crippen molar-refractivity contribution < 1.29 is 9.53 Å². The molecular weight excluding hydrogens is 104 g/mol. The van der Waals surface area contributed by atoms with Crippen molar-refractivity contribution in [3.63, 3.8) is 0 Å². The van der Waals surface area contributed by atoms with E-state index in [4.69, 9.17) is 9.53 Å². The quantitative estimate of drug-likeness (QED) is 0.286. The molecule has 1 heterocycles. The molecule has 1 aliphatic rings. The molecule has 1 unspecified atom stereocenters. The molecule has 0 amide bonds. The topological polar surface area (TPSA) is 29.6 Å². The smallest absolute Gasteiger partial charge is 0.142 e. The Labute approximate surface area is 49.1 Å². The lowest BCUT2D eigenvalue weighted by Gasteiger charge is -1.50. The molecule has 2 heteroatoms. The fraction of sp³-hybridized carbons (Fsp3) is 0.500. The van der Waals surface area contributed by atoms with Crippen molar-refractivity contribution in [2.75, 3.05) is 6.61 Å². The van der Waals surface area contributed by atoms with Gasteiger partial charge in [0.1, 0.15) is 6.29 Å². The van der Waals surface area contributed by atoms with Gasteiger partial charge in [0.15, 0.2) is 0 Å². The zero-order chi connectivity index (χ0) is 6.41. The number of epoxide rings is 1. The summed E-state index contributed by atoms with van der Waals surface area (Å²) < 4.78 is 4.71. The van der Waals surface area contributed by atoms with E-state index in [1.165, 1.54) is 6.08 Å². The molecule has 46 valence electrons. The van der Waals surface area contributed by atoms with E-state index in [0.29, 0.717) is 12.4 Å². The molecule has 1 rings (SSSR count). The molecule has 1 saturated heterocycles. The minimum atomic E-state index is 0.583. The number of ether oxygens (including phenoxy) is 1. The Balaban J connectivity index is 0.000000122. The molecule has 1 aliphatic heterocycles. The van der Waals surface area contributed by atoms with Crippen LogP contribution in [0.1, 0.15) is 6.92 Å². The van der Waals surface area contributed by atoms with Crippen LogP contribution in [0, 0.1) is 0 Å². The highest BCUT2D eigenvalue weighted by Crippen LogP contribution is 2.04. The zero-order valence-electron chi connectivity index (χ0n) is 4.96. The molecule has 1 atom stereocenters. The molecule has 0 aromatic carbocycles. The average molecular weight is 114 g/mol. The highest BCUT2D eigenvalue weighted by atomic mass is 16.6. The summed E-state index contributed by atoms with van der Waals surface area (Å²) in [4.78, 5) is 9.06. The van der Waals surface area contributed by atoms with E-state index in [0.717, 1.165) is 6.61 Å². The summed E-state index contributed by atoms with van der Waals surface area (Å²) in [5.74, 6) is 0. The van der Waals surface area contributed by atoms with Gasteiger partial charge in [0, 0.05) is 0 Å². The first-order valence-electron chi connectivity index (χ1n) is 2.49. The largest absolute Gasteiger partial charge is 0.373 e. The second-order valence-corrected chi connectivity index (χ2v) is 1.52. The van der Waals surface area contributed by atoms with E-state index in [2.05, 4.69) is 13.5 Å². The maximum atomic E-state index is 9.06. The Kier molecular flexibility index (Phi) is 4.17. The minimum absolute atomic E-state index is 0.583. The number of aldehydes is 1. The van der Waals surface area contributed by atoms with Gasteiger partial charge >= 0.3 is 0 Å². The number of carbonyl (C=O) groups is 1. The third kappa shape index (κ3) is 9.03. The van der Waals surface area contributed by atoms with Crippen molar-refractivity contribution in [2.24, 2.45) is 0 Å². The van der Waals surface area contributed by atoms with E-state index in [1.807, 2.05) is 0 Å². The van der Waals surface area contributed by atoms with Crippen LogP contribution in [0.25, 0.3) is 0 Å². The Bertz CT molecular complexity index is 68.6. The first kappa shape index (κ1) is 7.37. The third-order valence-electron chi connectivity index (χ3n) is 0.596. The lowest BCUT2D eigenvalue weighted by Crippen LogP contribution is -1.60. The van der Waals surface area contributed by atoms with Crippen molar-refractivity contribution >= 4 is 6.29 Å². The first-order valence-corrected chi connectivity index (χ1v) is 2.49. The summed E-state index contributed by atoms with van der Waals surface area (Å²) in [6.45, 7) is 6.15. The second-order valence-electron chi connectivity index (χ2n) is 1.52. The normalized spacial score (nSPS) is 22.4. The first-order chi connectivity index (χ1) is 3.81. The van der Waals surface area contributed by atoms with Crippen molar-refractivity contribution in [3.05, 3.63) is 12.7 Å². The van der Waals surface area contributed by atoms with Crippen LogP contribution in [0.4, 0.5) is 0 Å². The standard InChI is InChI=1S/C3H6O.C3H4O/c1-3-2-4-3;1-2-3-4/h3H,2H2,1H3;2-3H,1H2. The number of allylic oxidation sites excluding steroid dienone is 1. The van der Waals surface area contributed by atoms with Gasteiger partial charge in [0.25, 0.3) is 0 Å². The summed E-state index contributed by atoms with van der Waals surface area (Å²) in [6, 6.07) is 0. The maximum Gasteiger partial charge on any atom is 0.142 e. The number of rotatable bonds is 1. The molecule has 0 aromatic rings. The summed E-state index contributed by atoms with van der Waals surface area (Å²) in [5, 5.41) is 0. The van der Waals surface area contributed by atoms with Crippen molar-refractivity contribution in [3.8, 4) is 0 Å². The predicted molar refractivity (Wildman–Crippen MR) is 31.7 cm³/mol. The van der Waals surface area contributed by atoms with Gasteiger partial charge in [-0.15, -0.1) is 0 Å². The Morgan fingerprint density at radius 3 is 2.12 bits per heavy atom. The van der Waals surface area contributed by atoms with Crippen LogP contribution in [-0.2, 0) is 9.53 Å². The van der Waals surface area contributed by atoms with Crippen LogP contribution in [0.3, 0.4) is 0 Å². The summed E-state index contributed by atoms with van der Waals surface area (Å²) in [5.41, 5.74) is 0. The van der Waals surface area contributed by atoms with Gasteiger partial charge in [0.2, 0.25) is 0 Å². The van der Waals surface area contributed by atoms with Crippen LogP contribution >= 0.6 is 0 Å². The molecular formula is C6H10O2. The van der Waals surface area contributed by atoms with E-state index in [9.17, 15) is 0 Å². The van der Waals surface area contributed by atoms with Crippen LogP contribution in [0.15, 0.2) is 12.7 Å². The van der Waals surface area contributed by atoms with E-state index in [-0.39, 0.29) is 0 Å². The Morgan fingerprint density at radius 2 is 2.12 bits per heavy atom. The molecule has 0 aliphatic carbocycles. The molecule has 1 fully saturated rings. The lowest BCUT2D eigenvalue weighted by molar-refractivity contribution is -0.104. The number of carbonyl (C=O) groups excluding carboxylic acids is 1. The minimum Gasteiger partial charge on any atom is -0.373 e. The average Bonchev–Trinajstić information content (AvgIpc) is 2.52. The maximum absolute atomic E-state index is 9.06. The van der Waals surface area contributed by atoms with Crippen LogP contribution < -0.4 is 0 Å². The van der Waals surface area contributed by atoms with Gasteiger partial charge in [-0.2, -0.15) is 0 Å². The zero-order valence-corrected chi connectivity index (χ0v) is 4.96. The molecule has 0 saturated carbocycles. The molecule has 0 aromatic heterocycles. The predicted octanol–water partition coefficient (Wildman–Crippen LogP) is 0.776. The Morgan fingerprint density at radius 1 is 1.88 bits per heavy atom. The second kappa shape index (κ2) is 4.53. The van der Waals surface area contributed by atoms with Crippen LogP contribution in [0.5, 0.6) is 0 Å². The fourth-order valence-corrected chi connectivity index (χ4v) is 0.0962. The molecule has 0 spiro atoms. The third-order valence-corrected chi connectivity index (χ3v) is 0.596. The highest BCUT2D eigenvalue weighted by Gasteiger charge is 2.13. The number of hydrogen-bond donors (Lipinski definition) is 0. The molecule has 0 N–H and O–H groups in total. The highest BCUT2D eigenvalue weighted by molar-refractivity contribution is 5.63. The van der Waals surface area contributed by atoms with E-state index >= 15 is 0 Å². The van der Waals surface area contributed by atoms with Gasteiger partial charge < -0.3 is 4.74 Å².